The number of carbonyl (C=O) groups is 1. The number of benzene rings is 1. The van der Waals surface area contributed by atoms with Gasteiger partial charge in [-0.15, -0.1) is 0 Å². The number of piperazine rings is 1. The minimum atomic E-state index is -0.676. The third-order valence-electron chi connectivity index (χ3n) is 6.19. The highest BCUT2D eigenvalue weighted by Crippen LogP contribution is 2.25. The smallest absolute Gasteiger partial charge is 0.219 e. The lowest BCUT2D eigenvalue weighted by molar-refractivity contribution is -0.130. The number of amides is 1. The van der Waals surface area contributed by atoms with E-state index in [1.165, 1.54) is 5.56 Å². The van der Waals surface area contributed by atoms with Crippen molar-refractivity contribution in [3.8, 4) is 5.75 Å². The van der Waals surface area contributed by atoms with E-state index in [2.05, 4.69) is 26.9 Å². The molecule has 1 aromatic heterocycles. The van der Waals surface area contributed by atoms with Crippen LogP contribution in [0.2, 0.25) is 0 Å². The molecule has 2 aliphatic rings. The van der Waals surface area contributed by atoms with Crippen LogP contribution in [0, 0.1) is 0 Å². The molecule has 7 nitrogen and oxygen atoms in total. The standard InChI is InChI=1S/C24H32N4O3/c1-20(29)28-14-12-26(13-15-28)18-24(30)9-11-27(19-24)16-21-5-7-23(8-6-21)31-17-22-4-2-3-10-25-22/h2-8,10,30H,9,11-19H2,1H3/t24-/m0/s1. The number of rotatable bonds is 7. The van der Waals surface area contributed by atoms with Crippen LogP contribution < -0.4 is 4.74 Å². The van der Waals surface area contributed by atoms with Gasteiger partial charge in [0, 0.05) is 65.5 Å². The van der Waals surface area contributed by atoms with E-state index in [-0.39, 0.29) is 5.91 Å². The van der Waals surface area contributed by atoms with Crippen molar-refractivity contribution in [3.05, 3.63) is 59.9 Å². The van der Waals surface area contributed by atoms with Crippen molar-refractivity contribution in [1.29, 1.82) is 0 Å². The molecule has 166 valence electrons. The van der Waals surface area contributed by atoms with Gasteiger partial charge in [0.05, 0.1) is 11.3 Å². The summed E-state index contributed by atoms with van der Waals surface area (Å²) in [6.45, 7) is 8.32. The molecular formula is C24H32N4O3. The first-order valence-corrected chi connectivity index (χ1v) is 11.0. The highest BCUT2D eigenvalue weighted by Gasteiger charge is 2.38. The first-order chi connectivity index (χ1) is 15.0. The number of likely N-dealkylation sites (tertiary alicyclic amines) is 1. The summed E-state index contributed by atoms with van der Waals surface area (Å²) in [5, 5.41) is 11.1. The summed E-state index contributed by atoms with van der Waals surface area (Å²) < 4.78 is 5.81. The highest BCUT2D eigenvalue weighted by molar-refractivity contribution is 5.73. The Labute approximate surface area is 184 Å². The number of β-amino-alcohol motifs (C(OH)–C–C–N with tert-alkyl or cyclic N) is 1. The summed E-state index contributed by atoms with van der Waals surface area (Å²) in [6, 6.07) is 14.0. The largest absolute Gasteiger partial charge is 0.487 e. The van der Waals surface area contributed by atoms with E-state index in [4.69, 9.17) is 4.74 Å². The van der Waals surface area contributed by atoms with Crippen molar-refractivity contribution in [1.82, 2.24) is 19.7 Å². The molecule has 2 aromatic rings. The molecule has 0 radical (unpaired) electrons. The fourth-order valence-electron chi connectivity index (χ4n) is 4.43. The quantitative estimate of drug-likeness (QED) is 0.731. The maximum absolute atomic E-state index is 11.5. The van der Waals surface area contributed by atoms with E-state index in [0.717, 1.165) is 57.1 Å². The van der Waals surface area contributed by atoms with Gasteiger partial charge in [0.15, 0.2) is 0 Å². The number of aromatic nitrogens is 1. The molecule has 4 rings (SSSR count). The van der Waals surface area contributed by atoms with E-state index in [9.17, 15) is 9.90 Å². The molecule has 31 heavy (non-hydrogen) atoms. The Morgan fingerprint density at radius 3 is 2.52 bits per heavy atom. The molecule has 0 bridgehead atoms. The highest BCUT2D eigenvalue weighted by atomic mass is 16.5. The molecule has 0 spiro atoms. The van der Waals surface area contributed by atoms with Gasteiger partial charge < -0.3 is 14.7 Å². The maximum atomic E-state index is 11.5. The van der Waals surface area contributed by atoms with Crippen molar-refractivity contribution in [2.24, 2.45) is 0 Å². The molecule has 1 aromatic carbocycles. The number of nitrogens with zero attached hydrogens (tertiary/aromatic N) is 4. The molecule has 2 saturated heterocycles. The summed E-state index contributed by atoms with van der Waals surface area (Å²) in [5.41, 5.74) is 1.44. The second-order valence-electron chi connectivity index (χ2n) is 8.72. The lowest BCUT2D eigenvalue weighted by atomic mass is 10.0. The zero-order chi connectivity index (χ0) is 21.7. The molecule has 2 aliphatic heterocycles. The SMILES string of the molecule is CC(=O)N1CCN(C[C@@]2(O)CCN(Cc3ccc(OCc4ccccn4)cc3)C2)CC1. The van der Waals surface area contributed by atoms with Gasteiger partial charge >= 0.3 is 0 Å². The van der Waals surface area contributed by atoms with Gasteiger partial charge in [0.2, 0.25) is 5.91 Å². The summed E-state index contributed by atoms with van der Waals surface area (Å²) in [6.07, 6.45) is 2.55. The molecule has 2 fully saturated rings. The molecule has 0 unspecified atom stereocenters. The van der Waals surface area contributed by atoms with Gasteiger partial charge in [-0.05, 0) is 36.2 Å². The van der Waals surface area contributed by atoms with E-state index in [1.54, 1.807) is 13.1 Å². The Kier molecular flexibility index (Phi) is 6.85. The Morgan fingerprint density at radius 2 is 1.84 bits per heavy atom. The molecule has 3 heterocycles. The average Bonchev–Trinajstić information content (AvgIpc) is 3.14. The first kappa shape index (κ1) is 21.7. The summed E-state index contributed by atoms with van der Waals surface area (Å²) in [4.78, 5) is 22.2. The molecule has 1 atom stereocenters. The Morgan fingerprint density at radius 1 is 1.06 bits per heavy atom. The van der Waals surface area contributed by atoms with Crippen LogP contribution in [-0.2, 0) is 17.9 Å². The topological polar surface area (TPSA) is 69.1 Å². The van der Waals surface area contributed by atoms with Gasteiger partial charge in [-0.25, -0.2) is 0 Å². The van der Waals surface area contributed by atoms with E-state index in [0.29, 0.717) is 19.7 Å². The average molecular weight is 425 g/mol. The van der Waals surface area contributed by atoms with Crippen molar-refractivity contribution >= 4 is 5.91 Å². The number of hydrogen-bond donors (Lipinski definition) is 1. The normalized spacial score (nSPS) is 22.6. The number of ether oxygens (including phenoxy) is 1. The zero-order valence-electron chi connectivity index (χ0n) is 18.2. The molecule has 0 aliphatic carbocycles. The van der Waals surface area contributed by atoms with Gasteiger partial charge in [0.1, 0.15) is 12.4 Å². The van der Waals surface area contributed by atoms with Crippen molar-refractivity contribution in [2.75, 3.05) is 45.8 Å². The van der Waals surface area contributed by atoms with Crippen LogP contribution in [-0.4, -0.2) is 82.1 Å². The number of pyridine rings is 1. The monoisotopic (exact) mass is 424 g/mol. The lowest BCUT2D eigenvalue weighted by Gasteiger charge is -2.38. The predicted octanol–water partition coefficient (Wildman–Crippen LogP) is 1.76. The zero-order valence-corrected chi connectivity index (χ0v) is 18.2. The number of carbonyl (C=O) groups excluding carboxylic acids is 1. The second-order valence-corrected chi connectivity index (χ2v) is 8.72. The summed E-state index contributed by atoms with van der Waals surface area (Å²) in [7, 11) is 0. The molecule has 1 N–H and O–H groups in total. The van der Waals surface area contributed by atoms with Gasteiger partial charge in [-0.2, -0.15) is 0 Å². The van der Waals surface area contributed by atoms with Crippen LogP contribution >= 0.6 is 0 Å². The third-order valence-corrected chi connectivity index (χ3v) is 6.19. The lowest BCUT2D eigenvalue weighted by Crippen LogP contribution is -2.53. The van der Waals surface area contributed by atoms with Crippen molar-refractivity contribution in [3.63, 3.8) is 0 Å². The van der Waals surface area contributed by atoms with Gasteiger partial charge in [-0.3, -0.25) is 19.6 Å². The fourth-order valence-corrected chi connectivity index (χ4v) is 4.43. The molecular weight excluding hydrogens is 392 g/mol. The van der Waals surface area contributed by atoms with Crippen LogP contribution in [0.5, 0.6) is 5.75 Å². The minimum absolute atomic E-state index is 0.138. The number of aliphatic hydroxyl groups is 1. The van der Waals surface area contributed by atoms with Crippen molar-refractivity contribution in [2.45, 2.75) is 32.1 Å². The molecule has 1 amide bonds. The molecule has 7 heteroatoms. The van der Waals surface area contributed by atoms with Gasteiger partial charge in [-0.1, -0.05) is 18.2 Å². The molecule has 0 saturated carbocycles. The number of hydrogen-bond acceptors (Lipinski definition) is 6. The van der Waals surface area contributed by atoms with Gasteiger partial charge in [0.25, 0.3) is 0 Å². The second kappa shape index (κ2) is 9.77. The Hall–Kier alpha value is -2.48. The van der Waals surface area contributed by atoms with E-state index in [1.807, 2.05) is 35.2 Å². The van der Waals surface area contributed by atoms with Crippen LogP contribution in [0.15, 0.2) is 48.7 Å². The van der Waals surface area contributed by atoms with Crippen LogP contribution in [0.25, 0.3) is 0 Å². The minimum Gasteiger partial charge on any atom is -0.487 e. The maximum Gasteiger partial charge on any atom is 0.219 e. The van der Waals surface area contributed by atoms with Crippen LogP contribution in [0.3, 0.4) is 0 Å². The van der Waals surface area contributed by atoms with Crippen LogP contribution in [0.4, 0.5) is 0 Å². The predicted molar refractivity (Wildman–Crippen MR) is 119 cm³/mol. The first-order valence-electron chi connectivity index (χ1n) is 11.0. The van der Waals surface area contributed by atoms with E-state index < -0.39 is 5.60 Å². The van der Waals surface area contributed by atoms with Crippen LogP contribution in [0.1, 0.15) is 24.6 Å². The van der Waals surface area contributed by atoms with Crippen molar-refractivity contribution < 1.29 is 14.6 Å². The third kappa shape index (κ3) is 6.03. The Bertz CT molecular complexity index is 853. The summed E-state index contributed by atoms with van der Waals surface area (Å²) in [5.74, 6) is 0.968. The Balaban J connectivity index is 1.23. The van der Waals surface area contributed by atoms with E-state index >= 15 is 0 Å². The fraction of sp³-hybridized carbons (Fsp3) is 0.500. The summed E-state index contributed by atoms with van der Waals surface area (Å²) >= 11 is 0.